The molecule has 0 saturated heterocycles. The number of ether oxygens (including phenoxy) is 1. The number of hydrogen-bond acceptors (Lipinski definition) is 4. The number of fused-ring (bicyclic) bond motifs is 1. The molecule has 19 heavy (non-hydrogen) atoms. The number of aromatic nitrogens is 2. The maximum absolute atomic E-state index is 5.85. The third kappa shape index (κ3) is 2.20. The summed E-state index contributed by atoms with van der Waals surface area (Å²) in [6, 6.07) is 13.4. The first-order chi connectivity index (χ1) is 9.24. The summed E-state index contributed by atoms with van der Waals surface area (Å²) in [6.07, 6.45) is 1.72. The average Bonchev–Trinajstić information content (AvgIpc) is 2.42. The molecule has 94 valence electrons. The van der Waals surface area contributed by atoms with E-state index in [1.54, 1.807) is 12.3 Å². The molecule has 4 heteroatoms. The zero-order chi connectivity index (χ0) is 13.2. The summed E-state index contributed by atoms with van der Waals surface area (Å²) in [5.41, 5.74) is 7.41. The van der Waals surface area contributed by atoms with Gasteiger partial charge in [-0.3, -0.25) is 0 Å². The van der Waals surface area contributed by atoms with Crippen LogP contribution in [0, 0.1) is 6.92 Å². The van der Waals surface area contributed by atoms with Crippen LogP contribution < -0.4 is 10.5 Å². The van der Waals surface area contributed by atoms with Crippen molar-refractivity contribution in [2.45, 2.75) is 6.92 Å². The Morgan fingerprint density at radius 1 is 1.11 bits per heavy atom. The van der Waals surface area contributed by atoms with Crippen molar-refractivity contribution in [1.29, 1.82) is 0 Å². The average molecular weight is 251 g/mol. The van der Waals surface area contributed by atoms with Crippen molar-refractivity contribution in [2.75, 3.05) is 5.73 Å². The van der Waals surface area contributed by atoms with Gasteiger partial charge in [-0.15, -0.1) is 5.10 Å². The van der Waals surface area contributed by atoms with Gasteiger partial charge in [0.05, 0.1) is 6.20 Å². The quantitative estimate of drug-likeness (QED) is 0.710. The van der Waals surface area contributed by atoms with Crippen molar-refractivity contribution >= 4 is 16.5 Å². The molecule has 0 unspecified atom stereocenters. The topological polar surface area (TPSA) is 61.0 Å². The summed E-state index contributed by atoms with van der Waals surface area (Å²) in [4.78, 5) is 0. The number of hydrogen-bond donors (Lipinski definition) is 1. The van der Waals surface area contributed by atoms with Gasteiger partial charge in [0.2, 0.25) is 5.88 Å². The number of rotatable bonds is 2. The first-order valence-electron chi connectivity index (χ1n) is 5.98. The molecule has 0 spiro atoms. The Balaban J connectivity index is 2.06. The predicted octanol–water partition coefficient (Wildman–Crippen LogP) is 3.31. The number of benzene rings is 2. The van der Waals surface area contributed by atoms with E-state index in [2.05, 4.69) is 10.2 Å². The first kappa shape index (κ1) is 11.5. The molecular weight excluding hydrogens is 238 g/mol. The van der Waals surface area contributed by atoms with E-state index in [4.69, 9.17) is 10.5 Å². The lowest BCUT2D eigenvalue weighted by atomic mass is 10.2. The molecule has 3 rings (SSSR count). The standard InChI is InChI=1S/C15H13N3O/c1-10-8-12(16)6-7-14(10)19-15-13-5-3-2-4-11(13)9-17-18-15/h2-9H,16H2,1H3. The highest BCUT2D eigenvalue weighted by Crippen LogP contribution is 2.29. The van der Waals surface area contributed by atoms with Crippen molar-refractivity contribution in [3.8, 4) is 11.6 Å². The van der Waals surface area contributed by atoms with E-state index < -0.39 is 0 Å². The normalized spacial score (nSPS) is 10.6. The fourth-order valence-electron chi connectivity index (χ4n) is 1.97. The maximum Gasteiger partial charge on any atom is 0.246 e. The molecule has 1 heterocycles. The molecule has 0 radical (unpaired) electrons. The van der Waals surface area contributed by atoms with Crippen LogP contribution in [-0.4, -0.2) is 10.2 Å². The fraction of sp³-hybridized carbons (Fsp3) is 0.0667. The van der Waals surface area contributed by atoms with Gasteiger partial charge < -0.3 is 10.5 Å². The first-order valence-corrected chi connectivity index (χ1v) is 5.98. The number of aryl methyl sites for hydroxylation is 1. The van der Waals surface area contributed by atoms with Crippen LogP contribution in [0.1, 0.15) is 5.56 Å². The van der Waals surface area contributed by atoms with E-state index in [-0.39, 0.29) is 0 Å². The van der Waals surface area contributed by atoms with Gasteiger partial charge in [0.25, 0.3) is 0 Å². The summed E-state index contributed by atoms with van der Waals surface area (Å²) in [5, 5.41) is 9.96. The molecule has 3 aromatic rings. The summed E-state index contributed by atoms with van der Waals surface area (Å²) in [6.45, 7) is 1.95. The second-order valence-electron chi connectivity index (χ2n) is 4.36. The highest BCUT2D eigenvalue weighted by molar-refractivity contribution is 5.86. The Morgan fingerprint density at radius 3 is 2.79 bits per heavy atom. The van der Waals surface area contributed by atoms with Crippen LogP contribution in [0.15, 0.2) is 48.7 Å². The van der Waals surface area contributed by atoms with E-state index in [0.717, 1.165) is 22.1 Å². The van der Waals surface area contributed by atoms with Crippen LogP contribution >= 0.6 is 0 Å². The van der Waals surface area contributed by atoms with E-state index in [1.165, 1.54) is 0 Å². The molecule has 0 atom stereocenters. The van der Waals surface area contributed by atoms with Gasteiger partial charge in [-0.05, 0) is 36.8 Å². The van der Waals surface area contributed by atoms with Gasteiger partial charge in [-0.1, -0.05) is 18.2 Å². The van der Waals surface area contributed by atoms with Crippen LogP contribution in [0.3, 0.4) is 0 Å². The highest BCUT2D eigenvalue weighted by Gasteiger charge is 2.07. The molecule has 0 aliphatic heterocycles. The van der Waals surface area contributed by atoms with Crippen LogP contribution in [0.4, 0.5) is 5.69 Å². The molecule has 0 bridgehead atoms. The summed E-state index contributed by atoms with van der Waals surface area (Å²) < 4.78 is 5.85. The second kappa shape index (κ2) is 4.57. The zero-order valence-corrected chi connectivity index (χ0v) is 10.5. The van der Waals surface area contributed by atoms with Crippen molar-refractivity contribution in [1.82, 2.24) is 10.2 Å². The lowest BCUT2D eigenvalue weighted by Crippen LogP contribution is -1.94. The number of nitrogens with two attached hydrogens (primary N) is 1. The van der Waals surface area contributed by atoms with Gasteiger partial charge in [0.15, 0.2) is 0 Å². The van der Waals surface area contributed by atoms with Gasteiger partial charge in [0, 0.05) is 16.5 Å². The smallest absolute Gasteiger partial charge is 0.246 e. The Morgan fingerprint density at radius 2 is 1.95 bits per heavy atom. The number of nitrogen functional groups attached to an aromatic ring is 1. The minimum Gasteiger partial charge on any atom is -0.437 e. The van der Waals surface area contributed by atoms with Crippen LogP contribution in [-0.2, 0) is 0 Å². The SMILES string of the molecule is Cc1cc(N)ccc1Oc1nncc2ccccc12. The summed E-state index contributed by atoms with van der Waals surface area (Å²) >= 11 is 0. The second-order valence-corrected chi connectivity index (χ2v) is 4.36. The van der Waals surface area contributed by atoms with Crippen molar-refractivity contribution < 1.29 is 4.74 Å². The van der Waals surface area contributed by atoms with Gasteiger partial charge >= 0.3 is 0 Å². The monoisotopic (exact) mass is 251 g/mol. The Bertz CT molecular complexity index is 735. The fourth-order valence-corrected chi connectivity index (χ4v) is 1.97. The third-order valence-electron chi connectivity index (χ3n) is 2.94. The van der Waals surface area contributed by atoms with Crippen LogP contribution in [0.2, 0.25) is 0 Å². The molecule has 0 fully saturated rings. The van der Waals surface area contributed by atoms with Gasteiger partial charge in [-0.2, -0.15) is 5.10 Å². The van der Waals surface area contributed by atoms with E-state index >= 15 is 0 Å². The molecule has 0 saturated carbocycles. The summed E-state index contributed by atoms with van der Waals surface area (Å²) in [5.74, 6) is 1.24. The molecule has 0 aliphatic carbocycles. The molecular formula is C15H13N3O. The van der Waals surface area contributed by atoms with Gasteiger partial charge in [-0.25, -0.2) is 0 Å². The largest absolute Gasteiger partial charge is 0.437 e. The Hall–Kier alpha value is -2.62. The minimum absolute atomic E-state index is 0.506. The summed E-state index contributed by atoms with van der Waals surface area (Å²) in [7, 11) is 0. The lowest BCUT2D eigenvalue weighted by molar-refractivity contribution is 0.458. The maximum atomic E-state index is 5.85. The Labute approximate surface area is 110 Å². The van der Waals surface area contributed by atoms with Crippen molar-refractivity contribution in [3.05, 3.63) is 54.2 Å². The predicted molar refractivity (Wildman–Crippen MR) is 75.2 cm³/mol. The molecule has 1 aromatic heterocycles. The van der Waals surface area contributed by atoms with E-state index in [0.29, 0.717) is 11.6 Å². The highest BCUT2D eigenvalue weighted by atomic mass is 16.5. The van der Waals surface area contributed by atoms with Crippen molar-refractivity contribution in [3.63, 3.8) is 0 Å². The van der Waals surface area contributed by atoms with Crippen molar-refractivity contribution in [2.24, 2.45) is 0 Å². The zero-order valence-electron chi connectivity index (χ0n) is 10.5. The minimum atomic E-state index is 0.506. The molecule has 0 aliphatic rings. The van der Waals surface area contributed by atoms with Gasteiger partial charge in [0.1, 0.15) is 5.75 Å². The Kier molecular flexibility index (Phi) is 2.76. The molecule has 4 nitrogen and oxygen atoms in total. The number of anilines is 1. The molecule has 2 N–H and O–H groups in total. The van der Waals surface area contributed by atoms with E-state index in [9.17, 15) is 0 Å². The molecule has 2 aromatic carbocycles. The molecule has 0 amide bonds. The third-order valence-corrected chi connectivity index (χ3v) is 2.94. The lowest BCUT2D eigenvalue weighted by Gasteiger charge is -2.09. The number of nitrogens with zero attached hydrogens (tertiary/aromatic N) is 2. The van der Waals surface area contributed by atoms with Crippen LogP contribution in [0.5, 0.6) is 11.6 Å². The van der Waals surface area contributed by atoms with Crippen LogP contribution in [0.25, 0.3) is 10.8 Å². The van der Waals surface area contributed by atoms with E-state index in [1.807, 2.05) is 43.3 Å².